The van der Waals surface area contributed by atoms with E-state index in [9.17, 15) is 4.79 Å². The van der Waals surface area contributed by atoms with E-state index in [4.69, 9.17) is 0 Å². The SMILES string of the molecule is O=C(C1CCCCC1)N(/N=C\c1cccs1)c1nc2ccccc2s1. The van der Waals surface area contributed by atoms with Gasteiger partial charge in [0.15, 0.2) is 0 Å². The summed E-state index contributed by atoms with van der Waals surface area (Å²) < 4.78 is 1.07. The number of amides is 1. The van der Waals surface area contributed by atoms with Crippen molar-refractivity contribution >= 4 is 50.1 Å². The van der Waals surface area contributed by atoms with Crippen LogP contribution in [0, 0.1) is 5.92 Å². The highest BCUT2D eigenvalue weighted by atomic mass is 32.1. The molecule has 0 N–H and O–H groups in total. The summed E-state index contributed by atoms with van der Waals surface area (Å²) in [6.45, 7) is 0. The summed E-state index contributed by atoms with van der Waals surface area (Å²) in [5.41, 5.74) is 0.912. The predicted molar refractivity (Wildman–Crippen MR) is 106 cm³/mol. The minimum Gasteiger partial charge on any atom is -0.272 e. The number of rotatable bonds is 4. The van der Waals surface area contributed by atoms with Gasteiger partial charge in [-0.25, -0.2) is 4.98 Å². The summed E-state index contributed by atoms with van der Waals surface area (Å²) in [6, 6.07) is 11.9. The molecular weight excluding hydrogens is 350 g/mol. The Hall–Kier alpha value is -2.05. The minimum atomic E-state index is 0.0567. The van der Waals surface area contributed by atoms with Crippen LogP contribution in [0.5, 0.6) is 0 Å². The van der Waals surface area contributed by atoms with Crippen LogP contribution in [-0.2, 0) is 4.79 Å². The van der Waals surface area contributed by atoms with Crippen LogP contribution >= 0.6 is 22.7 Å². The maximum absolute atomic E-state index is 13.1. The Balaban J connectivity index is 1.67. The van der Waals surface area contributed by atoms with E-state index in [-0.39, 0.29) is 11.8 Å². The molecule has 0 saturated heterocycles. The number of para-hydroxylation sites is 1. The van der Waals surface area contributed by atoms with E-state index >= 15 is 0 Å². The fourth-order valence-corrected chi connectivity index (χ4v) is 4.66. The number of carbonyl (C=O) groups is 1. The summed E-state index contributed by atoms with van der Waals surface area (Å²) in [7, 11) is 0. The van der Waals surface area contributed by atoms with Gasteiger partial charge in [-0.2, -0.15) is 10.1 Å². The Bertz CT molecular complexity index is 846. The van der Waals surface area contributed by atoms with Crippen LogP contribution < -0.4 is 5.01 Å². The number of hydrogen-bond acceptors (Lipinski definition) is 5. The average molecular weight is 370 g/mol. The van der Waals surface area contributed by atoms with Crippen LogP contribution in [-0.4, -0.2) is 17.1 Å². The van der Waals surface area contributed by atoms with Crippen LogP contribution in [0.1, 0.15) is 37.0 Å². The number of aromatic nitrogens is 1. The van der Waals surface area contributed by atoms with Crippen LogP contribution in [0.25, 0.3) is 10.2 Å². The first kappa shape index (κ1) is 16.4. The van der Waals surface area contributed by atoms with Crippen molar-refractivity contribution in [3.05, 3.63) is 46.7 Å². The second-order valence-corrected chi connectivity index (χ2v) is 8.20. The first-order valence-electron chi connectivity index (χ1n) is 8.58. The van der Waals surface area contributed by atoms with Crippen molar-refractivity contribution in [3.8, 4) is 0 Å². The molecule has 2 aromatic heterocycles. The molecule has 4 nitrogen and oxygen atoms in total. The Morgan fingerprint density at radius 1 is 1.16 bits per heavy atom. The maximum atomic E-state index is 13.1. The highest BCUT2D eigenvalue weighted by molar-refractivity contribution is 7.22. The third kappa shape index (κ3) is 3.65. The fraction of sp³-hybridized carbons (Fsp3) is 0.316. The van der Waals surface area contributed by atoms with Crippen molar-refractivity contribution < 1.29 is 4.79 Å². The van der Waals surface area contributed by atoms with Crippen molar-refractivity contribution in [3.63, 3.8) is 0 Å². The Labute approximate surface area is 154 Å². The Kier molecular flexibility index (Phi) is 4.90. The molecule has 2 heterocycles. The number of hydrogen-bond donors (Lipinski definition) is 0. The van der Waals surface area contributed by atoms with E-state index in [1.165, 1.54) is 22.8 Å². The van der Waals surface area contributed by atoms with Gasteiger partial charge in [-0.3, -0.25) is 4.79 Å². The Morgan fingerprint density at radius 2 is 2.00 bits per heavy atom. The second-order valence-electron chi connectivity index (χ2n) is 6.21. The molecule has 0 aliphatic heterocycles. The van der Waals surface area contributed by atoms with Crippen LogP contribution in [0.4, 0.5) is 5.13 Å². The van der Waals surface area contributed by atoms with E-state index in [1.54, 1.807) is 17.6 Å². The molecule has 1 aliphatic rings. The topological polar surface area (TPSA) is 45.6 Å². The predicted octanol–water partition coefficient (Wildman–Crippen LogP) is 5.31. The number of thiazole rings is 1. The molecule has 0 radical (unpaired) electrons. The molecule has 1 aliphatic carbocycles. The van der Waals surface area contributed by atoms with Crippen molar-refractivity contribution in [2.24, 2.45) is 11.0 Å². The zero-order chi connectivity index (χ0) is 17.1. The fourth-order valence-electron chi connectivity index (χ4n) is 3.15. The zero-order valence-corrected chi connectivity index (χ0v) is 15.4. The van der Waals surface area contributed by atoms with Gasteiger partial charge in [0.2, 0.25) is 5.13 Å². The molecule has 0 bridgehead atoms. The van der Waals surface area contributed by atoms with Gasteiger partial charge in [0, 0.05) is 10.8 Å². The van der Waals surface area contributed by atoms with Crippen LogP contribution in [0.15, 0.2) is 46.9 Å². The van der Waals surface area contributed by atoms with Crippen molar-refractivity contribution in [1.82, 2.24) is 4.98 Å². The number of anilines is 1. The van der Waals surface area contributed by atoms with E-state index in [0.29, 0.717) is 5.13 Å². The average Bonchev–Trinajstić information content (AvgIpc) is 3.32. The number of fused-ring (bicyclic) bond motifs is 1. The lowest BCUT2D eigenvalue weighted by Gasteiger charge is -2.24. The van der Waals surface area contributed by atoms with Gasteiger partial charge in [0.25, 0.3) is 5.91 Å². The van der Waals surface area contributed by atoms with E-state index in [2.05, 4.69) is 10.1 Å². The van der Waals surface area contributed by atoms with Crippen molar-refractivity contribution in [2.45, 2.75) is 32.1 Å². The minimum absolute atomic E-state index is 0.0567. The molecule has 3 aromatic rings. The first-order valence-corrected chi connectivity index (χ1v) is 10.3. The van der Waals surface area contributed by atoms with E-state index in [1.807, 2.05) is 41.8 Å². The Morgan fingerprint density at radius 3 is 2.76 bits per heavy atom. The van der Waals surface area contributed by atoms with Gasteiger partial charge in [0.1, 0.15) is 0 Å². The number of nitrogens with zero attached hydrogens (tertiary/aromatic N) is 3. The van der Waals surface area contributed by atoms with E-state index < -0.39 is 0 Å². The third-order valence-electron chi connectivity index (χ3n) is 4.47. The van der Waals surface area contributed by atoms with Crippen LogP contribution in [0.2, 0.25) is 0 Å². The summed E-state index contributed by atoms with van der Waals surface area (Å²) in [5, 5.41) is 8.72. The third-order valence-corrected chi connectivity index (χ3v) is 6.29. The number of benzene rings is 1. The molecule has 0 spiro atoms. The van der Waals surface area contributed by atoms with Gasteiger partial charge < -0.3 is 0 Å². The standard InChI is InChI=1S/C19H19N3OS2/c23-18(14-7-2-1-3-8-14)22(20-13-15-9-6-12-24-15)19-21-16-10-4-5-11-17(16)25-19/h4-6,9-14H,1-3,7-8H2/b20-13-. The monoisotopic (exact) mass is 369 g/mol. The quantitative estimate of drug-likeness (QED) is 0.462. The lowest BCUT2D eigenvalue weighted by Crippen LogP contribution is -2.33. The summed E-state index contributed by atoms with van der Waals surface area (Å²) >= 11 is 3.13. The molecule has 6 heteroatoms. The molecule has 25 heavy (non-hydrogen) atoms. The molecule has 0 atom stereocenters. The molecule has 128 valence electrons. The van der Waals surface area contributed by atoms with Gasteiger partial charge in [0.05, 0.1) is 16.4 Å². The van der Waals surface area contributed by atoms with Gasteiger partial charge in [-0.05, 0) is 36.4 Å². The maximum Gasteiger partial charge on any atom is 0.252 e. The zero-order valence-electron chi connectivity index (χ0n) is 13.8. The lowest BCUT2D eigenvalue weighted by molar-refractivity contribution is -0.123. The van der Waals surface area contributed by atoms with Crippen molar-refractivity contribution in [1.29, 1.82) is 0 Å². The normalized spacial score (nSPS) is 15.8. The number of carbonyl (C=O) groups excluding carboxylic acids is 1. The molecule has 4 rings (SSSR count). The summed E-state index contributed by atoms with van der Waals surface area (Å²) in [6.07, 6.45) is 7.14. The smallest absolute Gasteiger partial charge is 0.252 e. The molecule has 1 fully saturated rings. The van der Waals surface area contributed by atoms with Crippen molar-refractivity contribution in [2.75, 3.05) is 5.01 Å². The largest absolute Gasteiger partial charge is 0.272 e. The van der Waals surface area contributed by atoms with Gasteiger partial charge in [-0.1, -0.05) is 48.8 Å². The number of hydrazone groups is 1. The van der Waals surface area contributed by atoms with Gasteiger partial charge in [-0.15, -0.1) is 11.3 Å². The van der Waals surface area contributed by atoms with Gasteiger partial charge >= 0.3 is 0 Å². The molecule has 1 amide bonds. The highest BCUT2D eigenvalue weighted by Gasteiger charge is 2.28. The molecular formula is C19H19N3OS2. The molecule has 1 aromatic carbocycles. The lowest BCUT2D eigenvalue weighted by atomic mass is 9.88. The second kappa shape index (κ2) is 7.45. The first-order chi connectivity index (χ1) is 12.3. The molecule has 0 unspecified atom stereocenters. The highest BCUT2D eigenvalue weighted by Crippen LogP contribution is 2.32. The number of thiophene rings is 1. The van der Waals surface area contributed by atoms with Crippen LogP contribution in [0.3, 0.4) is 0 Å². The summed E-state index contributed by atoms with van der Waals surface area (Å²) in [4.78, 5) is 18.8. The van der Waals surface area contributed by atoms with E-state index in [0.717, 1.165) is 40.8 Å². The summed E-state index contributed by atoms with van der Waals surface area (Å²) in [5.74, 6) is 0.132. The molecule has 1 saturated carbocycles.